The molecule has 1 aromatic heterocycles. The maximum absolute atomic E-state index is 13.6. The number of rotatable bonds is 2. The van der Waals surface area contributed by atoms with Gasteiger partial charge < -0.3 is 5.11 Å². The number of nitrogens with one attached hydrogen (secondary N) is 1. The third-order valence-electron chi connectivity index (χ3n) is 2.71. The molecule has 1 unspecified atom stereocenters. The molecule has 1 atom stereocenters. The first-order valence-corrected chi connectivity index (χ1v) is 5.21. The molecule has 6 heteroatoms. The Kier molecular flexibility index (Phi) is 3.14. The second-order valence-corrected chi connectivity index (χ2v) is 3.84. The number of pyridine rings is 1. The van der Waals surface area contributed by atoms with E-state index in [1.165, 1.54) is 12.1 Å². The van der Waals surface area contributed by atoms with Crippen molar-refractivity contribution in [2.45, 2.75) is 25.4 Å². The first-order valence-electron chi connectivity index (χ1n) is 5.21. The van der Waals surface area contributed by atoms with E-state index >= 15 is 0 Å². The number of aromatic nitrogens is 1. The number of aliphatic hydroxyl groups is 1. The van der Waals surface area contributed by atoms with Crippen LogP contribution < -0.4 is 5.32 Å². The van der Waals surface area contributed by atoms with Crippen LogP contribution in [0.2, 0.25) is 0 Å². The number of piperidine rings is 1. The summed E-state index contributed by atoms with van der Waals surface area (Å²) in [4.78, 5) is 26.0. The zero-order valence-corrected chi connectivity index (χ0v) is 8.94. The molecule has 5 nitrogen and oxygen atoms in total. The van der Waals surface area contributed by atoms with Crippen LogP contribution in [0.15, 0.2) is 12.1 Å². The minimum atomic E-state index is -0.772. The summed E-state index contributed by atoms with van der Waals surface area (Å²) in [5.74, 6) is -2.30. The summed E-state index contributed by atoms with van der Waals surface area (Å²) in [6.45, 7) is -0.355. The van der Waals surface area contributed by atoms with Gasteiger partial charge in [0.25, 0.3) is 0 Å². The maximum atomic E-state index is 13.6. The fourth-order valence-corrected chi connectivity index (χ4v) is 1.82. The zero-order valence-electron chi connectivity index (χ0n) is 8.94. The number of aliphatic hydroxyl groups excluding tert-OH is 1. The van der Waals surface area contributed by atoms with Crippen molar-refractivity contribution in [3.8, 4) is 0 Å². The van der Waals surface area contributed by atoms with Crippen LogP contribution in [-0.4, -0.2) is 21.9 Å². The molecule has 0 aliphatic carbocycles. The Morgan fingerprint density at radius 1 is 1.47 bits per heavy atom. The van der Waals surface area contributed by atoms with E-state index in [9.17, 15) is 14.0 Å². The summed E-state index contributed by atoms with van der Waals surface area (Å²) in [6, 6.07) is 2.88. The van der Waals surface area contributed by atoms with E-state index in [0.717, 1.165) is 0 Å². The molecule has 1 aliphatic heterocycles. The largest absolute Gasteiger partial charge is 0.390 e. The lowest BCUT2D eigenvalue weighted by Gasteiger charge is -2.21. The molecular weight excluding hydrogens is 227 g/mol. The van der Waals surface area contributed by atoms with Crippen molar-refractivity contribution in [1.29, 1.82) is 0 Å². The number of amides is 2. The third kappa shape index (κ3) is 2.31. The Bertz CT molecular complexity index is 476. The Labute approximate surface area is 96.7 Å². The number of carbonyl (C=O) groups is 2. The summed E-state index contributed by atoms with van der Waals surface area (Å²) >= 11 is 0. The van der Waals surface area contributed by atoms with Gasteiger partial charge in [-0.25, -0.2) is 4.98 Å². The van der Waals surface area contributed by atoms with Gasteiger partial charge >= 0.3 is 0 Å². The monoisotopic (exact) mass is 238 g/mol. The van der Waals surface area contributed by atoms with Crippen LogP contribution >= 0.6 is 0 Å². The van der Waals surface area contributed by atoms with Crippen LogP contribution in [0.25, 0.3) is 0 Å². The standard InChI is InChI=1S/C11H11FN2O3/c12-10-7(2-1-6(5-15)13-10)8-3-4-9(16)14-11(8)17/h1-2,8,15H,3-5H2,(H,14,16,17). The predicted octanol–water partition coefficient (Wildman–Crippen LogP) is 0.233. The molecular formula is C11H11FN2O3. The van der Waals surface area contributed by atoms with Crippen molar-refractivity contribution in [2.24, 2.45) is 0 Å². The fraction of sp³-hybridized carbons (Fsp3) is 0.364. The quantitative estimate of drug-likeness (QED) is 0.571. The summed E-state index contributed by atoms with van der Waals surface area (Å²) < 4.78 is 13.6. The van der Waals surface area contributed by atoms with E-state index < -0.39 is 17.8 Å². The summed E-state index contributed by atoms with van der Waals surface area (Å²) in [6.07, 6.45) is 0.472. The molecule has 2 rings (SSSR count). The second kappa shape index (κ2) is 4.58. The normalized spacial score (nSPS) is 20.2. The van der Waals surface area contributed by atoms with Gasteiger partial charge in [-0.1, -0.05) is 6.07 Å². The Hall–Kier alpha value is -1.82. The van der Waals surface area contributed by atoms with E-state index in [1.54, 1.807) is 0 Å². The fourth-order valence-electron chi connectivity index (χ4n) is 1.82. The highest BCUT2D eigenvalue weighted by molar-refractivity contribution is 6.00. The molecule has 2 heterocycles. The molecule has 0 saturated carbocycles. The van der Waals surface area contributed by atoms with Gasteiger partial charge in [0.15, 0.2) is 0 Å². The van der Waals surface area contributed by atoms with Gasteiger partial charge in [-0.2, -0.15) is 4.39 Å². The van der Waals surface area contributed by atoms with Crippen molar-refractivity contribution >= 4 is 11.8 Å². The van der Waals surface area contributed by atoms with Gasteiger partial charge in [-0.15, -0.1) is 0 Å². The van der Waals surface area contributed by atoms with Crippen molar-refractivity contribution in [1.82, 2.24) is 10.3 Å². The third-order valence-corrected chi connectivity index (χ3v) is 2.71. The van der Waals surface area contributed by atoms with E-state index in [-0.39, 0.29) is 36.6 Å². The van der Waals surface area contributed by atoms with Crippen molar-refractivity contribution in [3.63, 3.8) is 0 Å². The SMILES string of the molecule is O=C1CCC(c2ccc(CO)nc2F)C(=O)N1. The molecule has 0 bridgehead atoms. The van der Waals surface area contributed by atoms with E-state index in [1.807, 2.05) is 0 Å². The Balaban J connectivity index is 2.28. The molecule has 1 fully saturated rings. The topological polar surface area (TPSA) is 79.3 Å². The number of halogens is 1. The minimum absolute atomic E-state index is 0.159. The molecule has 1 aliphatic rings. The van der Waals surface area contributed by atoms with E-state index in [2.05, 4.69) is 10.3 Å². The number of nitrogens with zero attached hydrogens (tertiary/aromatic N) is 1. The first-order chi connectivity index (χ1) is 8.11. The summed E-state index contributed by atoms with van der Waals surface area (Å²) in [5, 5.41) is 11.0. The van der Waals surface area contributed by atoms with Gasteiger partial charge in [0.05, 0.1) is 18.2 Å². The van der Waals surface area contributed by atoms with Crippen LogP contribution in [0.4, 0.5) is 4.39 Å². The number of hydrogen-bond acceptors (Lipinski definition) is 4. The van der Waals surface area contributed by atoms with E-state index in [0.29, 0.717) is 0 Å². The van der Waals surface area contributed by atoms with Crippen LogP contribution in [0.3, 0.4) is 0 Å². The molecule has 0 spiro atoms. The van der Waals surface area contributed by atoms with Gasteiger partial charge in [-0.3, -0.25) is 14.9 Å². The van der Waals surface area contributed by atoms with Crippen LogP contribution in [0.5, 0.6) is 0 Å². The van der Waals surface area contributed by atoms with Crippen LogP contribution in [0, 0.1) is 5.95 Å². The average molecular weight is 238 g/mol. The lowest BCUT2D eigenvalue weighted by molar-refractivity contribution is -0.134. The van der Waals surface area contributed by atoms with Gasteiger partial charge in [0, 0.05) is 12.0 Å². The van der Waals surface area contributed by atoms with Gasteiger partial charge in [0.2, 0.25) is 17.8 Å². The van der Waals surface area contributed by atoms with Gasteiger partial charge in [-0.05, 0) is 12.5 Å². The van der Waals surface area contributed by atoms with Crippen molar-refractivity contribution in [2.75, 3.05) is 0 Å². The lowest BCUT2D eigenvalue weighted by atomic mass is 9.91. The Morgan fingerprint density at radius 3 is 2.82 bits per heavy atom. The lowest BCUT2D eigenvalue weighted by Crippen LogP contribution is -2.39. The Morgan fingerprint density at radius 2 is 2.24 bits per heavy atom. The van der Waals surface area contributed by atoms with Crippen molar-refractivity contribution < 1.29 is 19.1 Å². The summed E-state index contributed by atoms with van der Waals surface area (Å²) in [7, 11) is 0. The highest BCUT2D eigenvalue weighted by Crippen LogP contribution is 2.26. The number of hydrogen-bond donors (Lipinski definition) is 2. The molecule has 17 heavy (non-hydrogen) atoms. The summed E-state index contributed by atoms with van der Waals surface area (Å²) in [5.41, 5.74) is 0.366. The molecule has 1 aromatic rings. The molecule has 0 radical (unpaired) electrons. The molecule has 90 valence electrons. The smallest absolute Gasteiger partial charge is 0.234 e. The second-order valence-electron chi connectivity index (χ2n) is 3.84. The van der Waals surface area contributed by atoms with Crippen LogP contribution in [-0.2, 0) is 16.2 Å². The molecule has 1 saturated heterocycles. The average Bonchev–Trinajstić information content (AvgIpc) is 2.30. The molecule has 2 N–H and O–H groups in total. The predicted molar refractivity (Wildman–Crippen MR) is 55.2 cm³/mol. The molecule has 0 aromatic carbocycles. The number of imide groups is 1. The number of carbonyl (C=O) groups excluding carboxylic acids is 2. The maximum Gasteiger partial charge on any atom is 0.234 e. The first kappa shape index (κ1) is 11.7. The minimum Gasteiger partial charge on any atom is -0.390 e. The zero-order chi connectivity index (χ0) is 12.4. The van der Waals surface area contributed by atoms with Crippen molar-refractivity contribution in [3.05, 3.63) is 29.3 Å². The van der Waals surface area contributed by atoms with Crippen LogP contribution in [0.1, 0.15) is 30.0 Å². The van der Waals surface area contributed by atoms with E-state index in [4.69, 9.17) is 5.11 Å². The van der Waals surface area contributed by atoms with Gasteiger partial charge in [0.1, 0.15) is 0 Å². The highest BCUT2D eigenvalue weighted by Gasteiger charge is 2.30. The molecule has 2 amide bonds. The highest BCUT2D eigenvalue weighted by atomic mass is 19.1.